The van der Waals surface area contributed by atoms with Crippen LogP contribution in [0.1, 0.15) is 98.3 Å². The topological polar surface area (TPSA) is 63.6 Å². The molecule has 0 unspecified atom stereocenters. The number of carboxylic acids is 1. The summed E-state index contributed by atoms with van der Waals surface area (Å²) in [6.07, 6.45) is 15.6. The highest BCUT2D eigenvalue weighted by molar-refractivity contribution is 5.81. The number of ether oxygens (including phenoxy) is 1. The maximum absolute atomic E-state index is 10.8. The lowest BCUT2D eigenvalue weighted by molar-refractivity contribution is -0.145. The first-order chi connectivity index (χ1) is 11.8. The number of aliphatic carboxylic acids is 1. The monoisotopic (exact) mass is 356 g/mol. The standard InChI is InChI=1S/C16H30O2.C5H10O2/c1-3-5-6-7-8-9-10-11-12-13-14-15-18-16(17)4-2;1-5(2,3)4(6)7/h4H,2-3,5-15H2,1H3;1-3H3,(H,6,7). The molecular formula is C21H40O4. The zero-order chi connectivity index (χ0) is 19.6. The Hall–Kier alpha value is -1.32. The molecule has 4 nitrogen and oxygen atoms in total. The Bertz CT molecular complexity index is 342. The summed E-state index contributed by atoms with van der Waals surface area (Å²) in [5.41, 5.74) is -0.583. The molecule has 0 aliphatic heterocycles. The van der Waals surface area contributed by atoms with Crippen molar-refractivity contribution in [3.8, 4) is 0 Å². The van der Waals surface area contributed by atoms with E-state index in [2.05, 4.69) is 13.5 Å². The van der Waals surface area contributed by atoms with Crippen LogP contribution in [0.5, 0.6) is 0 Å². The van der Waals surface area contributed by atoms with Crippen LogP contribution in [0.15, 0.2) is 12.7 Å². The summed E-state index contributed by atoms with van der Waals surface area (Å²) in [5.74, 6) is -1.06. The molecule has 0 amide bonds. The van der Waals surface area contributed by atoms with Crippen molar-refractivity contribution in [1.82, 2.24) is 0 Å². The van der Waals surface area contributed by atoms with Crippen LogP contribution in [0.3, 0.4) is 0 Å². The average Bonchev–Trinajstić information content (AvgIpc) is 2.55. The van der Waals surface area contributed by atoms with Crippen molar-refractivity contribution >= 4 is 11.9 Å². The Morgan fingerprint density at radius 2 is 1.24 bits per heavy atom. The summed E-state index contributed by atoms with van der Waals surface area (Å²) in [6, 6.07) is 0. The summed E-state index contributed by atoms with van der Waals surface area (Å²) in [5, 5.41) is 8.25. The van der Waals surface area contributed by atoms with Crippen LogP contribution in [-0.2, 0) is 14.3 Å². The average molecular weight is 357 g/mol. The van der Waals surface area contributed by atoms with Gasteiger partial charge in [-0.25, -0.2) is 4.79 Å². The number of carboxylic acid groups (broad SMARTS) is 1. The molecule has 148 valence electrons. The molecule has 0 fully saturated rings. The molecule has 0 bridgehead atoms. The Morgan fingerprint density at radius 1 is 0.880 bits per heavy atom. The third-order valence-electron chi connectivity index (χ3n) is 3.80. The molecular weight excluding hydrogens is 316 g/mol. The molecule has 4 heteroatoms. The SMILES string of the molecule is C=CC(=O)OCCCCCCCCCCCCC.CC(C)(C)C(=O)O. The molecule has 0 aliphatic carbocycles. The number of hydrogen-bond acceptors (Lipinski definition) is 3. The normalized spacial score (nSPS) is 10.6. The van der Waals surface area contributed by atoms with Crippen LogP contribution in [0.4, 0.5) is 0 Å². The van der Waals surface area contributed by atoms with Crippen molar-refractivity contribution < 1.29 is 19.4 Å². The van der Waals surface area contributed by atoms with Crippen molar-refractivity contribution in [2.75, 3.05) is 6.61 Å². The lowest BCUT2D eigenvalue weighted by Crippen LogP contribution is -2.18. The first-order valence-electron chi connectivity index (χ1n) is 9.78. The Balaban J connectivity index is 0. The van der Waals surface area contributed by atoms with Crippen molar-refractivity contribution in [1.29, 1.82) is 0 Å². The van der Waals surface area contributed by atoms with E-state index in [-0.39, 0.29) is 5.97 Å². The van der Waals surface area contributed by atoms with Gasteiger partial charge in [-0.05, 0) is 27.2 Å². The summed E-state index contributed by atoms with van der Waals surface area (Å²) in [4.78, 5) is 20.8. The van der Waals surface area contributed by atoms with Crippen LogP contribution in [0, 0.1) is 5.41 Å². The van der Waals surface area contributed by atoms with Crippen molar-refractivity contribution in [2.24, 2.45) is 5.41 Å². The Kier molecular flexibility index (Phi) is 18.1. The van der Waals surface area contributed by atoms with Crippen LogP contribution in [0.25, 0.3) is 0 Å². The van der Waals surface area contributed by atoms with E-state index in [1.807, 2.05) is 0 Å². The van der Waals surface area contributed by atoms with E-state index in [0.717, 1.165) is 6.42 Å². The van der Waals surface area contributed by atoms with Gasteiger partial charge in [0.05, 0.1) is 12.0 Å². The van der Waals surface area contributed by atoms with Gasteiger partial charge in [0.15, 0.2) is 0 Å². The highest BCUT2D eigenvalue weighted by Crippen LogP contribution is 2.12. The molecule has 0 atom stereocenters. The quantitative estimate of drug-likeness (QED) is 0.244. The molecule has 0 rings (SSSR count). The van der Waals surface area contributed by atoms with Crippen molar-refractivity contribution in [3.05, 3.63) is 12.7 Å². The maximum Gasteiger partial charge on any atom is 0.330 e. The third-order valence-corrected chi connectivity index (χ3v) is 3.80. The van der Waals surface area contributed by atoms with Gasteiger partial charge in [-0.3, -0.25) is 4.79 Å². The molecule has 1 N–H and O–H groups in total. The summed E-state index contributed by atoms with van der Waals surface area (Å²) in [7, 11) is 0. The first kappa shape index (κ1) is 25.9. The number of carbonyl (C=O) groups excluding carboxylic acids is 1. The van der Waals surface area contributed by atoms with Gasteiger partial charge in [0.2, 0.25) is 0 Å². The lowest BCUT2D eigenvalue weighted by Gasteiger charge is -2.08. The fraction of sp³-hybridized carbons (Fsp3) is 0.810. The second-order valence-electron chi connectivity index (χ2n) is 7.46. The van der Waals surface area contributed by atoms with Gasteiger partial charge in [-0.1, -0.05) is 77.7 Å². The molecule has 0 saturated carbocycles. The molecule has 0 aromatic carbocycles. The molecule has 25 heavy (non-hydrogen) atoms. The third kappa shape index (κ3) is 22.7. The zero-order valence-corrected chi connectivity index (χ0v) is 16.9. The van der Waals surface area contributed by atoms with Gasteiger partial charge in [0, 0.05) is 6.08 Å². The fourth-order valence-electron chi connectivity index (χ4n) is 2.00. The van der Waals surface area contributed by atoms with Gasteiger partial charge in [0.25, 0.3) is 0 Å². The van der Waals surface area contributed by atoms with Gasteiger partial charge >= 0.3 is 11.9 Å². The predicted molar refractivity (Wildman–Crippen MR) is 105 cm³/mol. The summed E-state index contributed by atoms with van der Waals surface area (Å²) < 4.78 is 4.92. The first-order valence-corrected chi connectivity index (χ1v) is 9.78. The van der Waals surface area contributed by atoms with E-state index in [4.69, 9.17) is 9.84 Å². The minimum absolute atomic E-state index is 0.304. The molecule has 0 radical (unpaired) electrons. The number of unbranched alkanes of at least 4 members (excludes halogenated alkanes) is 10. The van der Waals surface area contributed by atoms with Crippen molar-refractivity contribution in [2.45, 2.75) is 98.3 Å². The van der Waals surface area contributed by atoms with E-state index in [1.165, 1.54) is 70.3 Å². The van der Waals surface area contributed by atoms with Crippen LogP contribution in [0.2, 0.25) is 0 Å². The second kappa shape index (κ2) is 17.5. The van der Waals surface area contributed by atoms with E-state index < -0.39 is 11.4 Å². The second-order valence-corrected chi connectivity index (χ2v) is 7.46. The van der Waals surface area contributed by atoms with Gasteiger partial charge < -0.3 is 9.84 Å². The van der Waals surface area contributed by atoms with Gasteiger partial charge in [-0.2, -0.15) is 0 Å². The minimum atomic E-state index is -0.757. The molecule has 0 aromatic rings. The van der Waals surface area contributed by atoms with E-state index >= 15 is 0 Å². The lowest BCUT2D eigenvalue weighted by atomic mass is 9.98. The van der Waals surface area contributed by atoms with Gasteiger partial charge in [-0.15, -0.1) is 0 Å². The van der Waals surface area contributed by atoms with E-state index in [0.29, 0.717) is 6.61 Å². The summed E-state index contributed by atoms with van der Waals surface area (Å²) in [6.45, 7) is 11.1. The Labute approximate surface area is 155 Å². The number of esters is 1. The highest BCUT2D eigenvalue weighted by Gasteiger charge is 2.18. The number of carbonyl (C=O) groups is 2. The van der Waals surface area contributed by atoms with Crippen LogP contribution in [-0.4, -0.2) is 23.7 Å². The highest BCUT2D eigenvalue weighted by atomic mass is 16.5. The largest absolute Gasteiger partial charge is 0.481 e. The summed E-state index contributed by atoms with van der Waals surface area (Å²) >= 11 is 0. The van der Waals surface area contributed by atoms with Crippen molar-refractivity contribution in [3.63, 3.8) is 0 Å². The van der Waals surface area contributed by atoms with E-state index in [1.54, 1.807) is 20.8 Å². The predicted octanol–water partition coefficient (Wildman–Crippen LogP) is 6.14. The van der Waals surface area contributed by atoms with Gasteiger partial charge in [0.1, 0.15) is 0 Å². The number of rotatable bonds is 13. The maximum atomic E-state index is 10.8. The fourth-order valence-corrected chi connectivity index (χ4v) is 2.00. The number of hydrogen-bond donors (Lipinski definition) is 1. The molecule has 0 heterocycles. The molecule has 0 saturated heterocycles. The van der Waals surface area contributed by atoms with E-state index in [9.17, 15) is 9.59 Å². The zero-order valence-electron chi connectivity index (χ0n) is 16.9. The smallest absolute Gasteiger partial charge is 0.330 e. The molecule has 0 aromatic heterocycles. The minimum Gasteiger partial charge on any atom is -0.481 e. The van der Waals surface area contributed by atoms with Crippen LogP contribution >= 0.6 is 0 Å². The van der Waals surface area contributed by atoms with Crippen LogP contribution < -0.4 is 0 Å². The Morgan fingerprint density at radius 3 is 1.56 bits per heavy atom. The molecule has 0 spiro atoms. The molecule has 0 aliphatic rings.